The van der Waals surface area contributed by atoms with Crippen LogP contribution in [0, 0.1) is 6.07 Å². The average Bonchev–Trinajstić information content (AvgIpc) is 2.27. The van der Waals surface area contributed by atoms with Crippen LogP contribution >= 0.6 is 11.3 Å². The third-order valence-corrected chi connectivity index (χ3v) is 2.31. The fourth-order valence-electron chi connectivity index (χ4n) is 0.944. The van der Waals surface area contributed by atoms with Gasteiger partial charge in [-0.15, -0.1) is 11.3 Å². The van der Waals surface area contributed by atoms with Gasteiger partial charge in [-0.1, -0.05) is 12.1 Å². The van der Waals surface area contributed by atoms with E-state index in [0.717, 1.165) is 5.00 Å². The Morgan fingerprint density at radius 1 is 1.50 bits per heavy atom. The molecule has 0 fully saturated rings. The van der Waals surface area contributed by atoms with Crippen LogP contribution in [-0.2, 0) is 0 Å². The molecule has 10 heavy (non-hydrogen) atoms. The van der Waals surface area contributed by atoms with Gasteiger partial charge in [0.15, 0.2) is 0 Å². The topological polar surface area (TPSA) is 26.0 Å². The smallest absolute Gasteiger partial charge is 0.0868 e. The van der Waals surface area contributed by atoms with E-state index in [4.69, 9.17) is 5.73 Å². The molecular weight excluding hydrogens is 142 g/mol. The molecule has 0 saturated heterocycles. The fourth-order valence-corrected chi connectivity index (χ4v) is 1.76. The van der Waals surface area contributed by atoms with Crippen LogP contribution in [0.15, 0.2) is 24.3 Å². The average molecular weight is 148 g/mol. The second-order valence-electron chi connectivity index (χ2n) is 2.11. The Hall–Kier alpha value is -1.02. The molecule has 0 bridgehead atoms. The first-order valence-corrected chi connectivity index (χ1v) is 3.83. The highest BCUT2D eigenvalue weighted by Crippen LogP contribution is 2.26. The second kappa shape index (κ2) is 1.99. The van der Waals surface area contributed by atoms with Crippen molar-refractivity contribution < 1.29 is 0 Å². The highest BCUT2D eigenvalue weighted by atomic mass is 32.1. The molecule has 0 saturated carbocycles. The van der Waals surface area contributed by atoms with Crippen molar-refractivity contribution in [1.29, 1.82) is 0 Å². The van der Waals surface area contributed by atoms with Crippen LogP contribution in [0.2, 0.25) is 0 Å². The predicted octanol–water partition coefficient (Wildman–Crippen LogP) is 2.28. The molecule has 0 aliphatic carbocycles. The van der Waals surface area contributed by atoms with Gasteiger partial charge in [-0.25, -0.2) is 0 Å². The van der Waals surface area contributed by atoms with Gasteiger partial charge in [0.2, 0.25) is 0 Å². The van der Waals surface area contributed by atoms with E-state index < -0.39 is 0 Å². The molecule has 2 N–H and O–H groups in total. The Labute approximate surface area is 63.1 Å². The van der Waals surface area contributed by atoms with Crippen molar-refractivity contribution in [3.63, 3.8) is 0 Å². The SMILES string of the molecule is Nc1cc2cc[c]cc2s1. The normalized spacial score (nSPS) is 10.4. The van der Waals surface area contributed by atoms with Crippen LogP contribution in [0.5, 0.6) is 0 Å². The van der Waals surface area contributed by atoms with E-state index in [0.29, 0.717) is 0 Å². The van der Waals surface area contributed by atoms with E-state index in [1.54, 1.807) is 11.3 Å². The zero-order chi connectivity index (χ0) is 6.97. The largest absolute Gasteiger partial charge is 0.391 e. The molecule has 0 unspecified atom stereocenters. The number of thiophene rings is 1. The van der Waals surface area contributed by atoms with Gasteiger partial charge in [-0.2, -0.15) is 0 Å². The minimum absolute atomic E-state index is 0.870. The Morgan fingerprint density at radius 3 is 3.20 bits per heavy atom. The number of hydrogen-bond donors (Lipinski definition) is 1. The third-order valence-electron chi connectivity index (χ3n) is 1.38. The summed E-state index contributed by atoms with van der Waals surface area (Å²) in [5, 5.41) is 2.08. The first-order valence-electron chi connectivity index (χ1n) is 3.01. The summed E-state index contributed by atoms with van der Waals surface area (Å²) in [6.07, 6.45) is 0. The minimum atomic E-state index is 0.870. The number of hydrogen-bond acceptors (Lipinski definition) is 2. The lowest BCUT2D eigenvalue weighted by Gasteiger charge is -1.81. The molecule has 0 amide bonds. The summed E-state index contributed by atoms with van der Waals surface area (Å²) in [6, 6.07) is 10.9. The predicted molar refractivity (Wildman–Crippen MR) is 45.1 cm³/mol. The van der Waals surface area contributed by atoms with Crippen LogP contribution in [0.1, 0.15) is 0 Å². The quantitative estimate of drug-likeness (QED) is 0.609. The highest BCUT2D eigenvalue weighted by Gasteiger charge is 1.94. The van der Waals surface area contributed by atoms with Crippen molar-refractivity contribution >= 4 is 26.4 Å². The molecule has 1 heterocycles. The number of nitrogen functional groups attached to an aromatic ring is 1. The molecular formula is C8H6NS. The Kier molecular flexibility index (Phi) is 1.14. The molecule has 2 heteroatoms. The van der Waals surface area contributed by atoms with Gasteiger partial charge in [0.25, 0.3) is 0 Å². The number of anilines is 1. The standard InChI is InChI=1S/C8H6NS/c9-8-5-6-3-1-2-4-7(6)10-8/h1,3-5H,9H2. The maximum Gasteiger partial charge on any atom is 0.0868 e. The third kappa shape index (κ3) is 0.772. The van der Waals surface area contributed by atoms with Crippen molar-refractivity contribution in [2.75, 3.05) is 5.73 Å². The van der Waals surface area contributed by atoms with Gasteiger partial charge in [0, 0.05) is 4.70 Å². The summed E-state index contributed by atoms with van der Waals surface area (Å²) in [5.41, 5.74) is 5.60. The molecule has 1 radical (unpaired) electrons. The molecule has 0 atom stereocenters. The van der Waals surface area contributed by atoms with Gasteiger partial charge in [-0.3, -0.25) is 0 Å². The lowest BCUT2D eigenvalue weighted by atomic mass is 10.3. The molecule has 1 aromatic heterocycles. The van der Waals surface area contributed by atoms with Gasteiger partial charge in [0.05, 0.1) is 5.00 Å². The van der Waals surface area contributed by atoms with Crippen LogP contribution in [0.25, 0.3) is 10.1 Å². The van der Waals surface area contributed by atoms with Gasteiger partial charge >= 0.3 is 0 Å². The molecule has 0 aliphatic heterocycles. The van der Waals surface area contributed by atoms with Crippen molar-refractivity contribution in [1.82, 2.24) is 0 Å². The Morgan fingerprint density at radius 2 is 2.40 bits per heavy atom. The van der Waals surface area contributed by atoms with Gasteiger partial charge in [0.1, 0.15) is 0 Å². The number of fused-ring (bicyclic) bond motifs is 1. The second-order valence-corrected chi connectivity index (χ2v) is 3.23. The minimum Gasteiger partial charge on any atom is -0.391 e. The van der Waals surface area contributed by atoms with Crippen LogP contribution < -0.4 is 5.73 Å². The zero-order valence-electron chi connectivity index (χ0n) is 5.29. The van der Waals surface area contributed by atoms with Crippen LogP contribution in [0.3, 0.4) is 0 Å². The van der Waals surface area contributed by atoms with Crippen molar-refractivity contribution in [2.45, 2.75) is 0 Å². The monoisotopic (exact) mass is 148 g/mol. The summed E-state index contributed by atoms with van der Waals surface area (Å²) in [4.78, 5) is 0. The summed E-state index contributed by atoms with van der Waals surface area (Å²) >= 11 is 1.60. The maximum atomic E-state index is 5.60. The van der Waals surface area contributed by atoms with E-state index >= 15 is 0 Å². The molecule has 2 aromatic rings. The van der Waals surface area contributed by atoms with Crippen molar-refractivity contribution in [3.8, 4) is 0 Å². The summed E-state index contributed by atoms with van der Waals surface area (Å²) in [5.74, 6) is 0. The first-order chi connectivity index (χ1) is 4.86. The van der Waals surface area contributed by atoms with E-state index in [1.807, 2.05) is 24.3 Å². The Bertz CT molecular complexity index is 318. The molecule has 1 nitrogen and oxygen atoms in total. The molecule has 1 aromatic carbocycles. The highest BCUT2D eigenvalue weighted by molar-refractivity contribution is 7.22. The maximum absolute atomic E-state index is 5.60. The van der Waals surface area contributed by atoms with Gasteiger partial charge in [-0.05, 0) is 23.6 Å². The van der Waals surface area contributed by atoms with E-state index in [2.05, 4.69) is 6.07 Å². The molecule has 2 rings (SSSR count). The van der Waals surface area contributed by atoms with E-state index in [1.165, 1.54) is 10.1 Å². The summed E-state index contributed by atoms with van der Waals surface area (Å²) in [6.45, 7) is 0. The van der Waals surface area contributed by atoms with Crippen molar-refractivity contribution in [2.24, 2.45) is 0 Å². The lowest BCUT2D eigenvalue weighted by Crippen LogP contribution is -1.72. The molecule has 49 valence electrons. The van der Waals surface area contributed by atoms with Crippen molar-refractivity contribution in [3.05, 3.63) is 30.3 Å². The molecule has 0 aliphatic rings. The van der Waals surface area contributed by atoms with Gasteiger partial charge < -0.3 is 5.73 Å². The Balaban J connectivity index is 2.88. The van der Waals surface area contributed by atoms with Crippen LogP contribution in [-0.4, -0.2) is 0 Å². The molecule has 0 spiro atoms. The van der Waals surface area contributed by atoms with Crippen LogP contribution in [0.4, 0.5) is 5.00 Å². The number of benzene rings is 1. The fraction of sp³-hybridized carbons (Fsp3) is 0. The summed E-state index contributed by atoms with van der Waals surface area (Å²) in [7, 11) is 0. The van der Waals surface area contributed by atoms with E-state index in [-0.39, 0.29) is 0 Å². The number of nitrogens with two attached hydrogens (primary N) is 1. The number of rotatable bonds is 0. The zero-order valence-corrected chi connectivity index (χ0v) is 6.11. The lowest BCUT2D eigenvalue weighted by molar-refractivity contribution is 1.83. The first kappa shape index (κ1) is 5.74. The van der Waals surface area contributed by atoms with E-state index in [9.17, 15) is 0 Å². The summed E-state index contributed by atoms with van der Waals surface area (Å²) < 4.78 is 1.21.